The Hall–Kier alpha value is -3.95. The monoisotopic (exact) mass is 555 g/mol. The largest absolute Gasteiger partial charge is 0.337 e. The summed E-state index contributed by atoms with van der Waals surface area (Å²) in [6.07, 6.45) is -0.253. The molecule has 1 aromatic heterocycles. The summed E-state index contributed by atoms with van der Waals surface area (Å²) in [5.74, 6) is -0.247. The fraction of sp³-hybridized carbons (Fsp3) is 0.323. The predicted molar refractivity (Wildman–Crippen MR) is 157 cm³/mol. The molecule has 6 rings (SSSR count). The van der Waals surface area contributed by atoms with Crippen molar-refractivity contribution >= 4 is 50.0 Å². The molecule has 0 aliphatic carbocycles. The molecule has 0 saturated carbocycles. The lowest BCUT2D eigenvalue weighted by atomic mass is 9.94. The smallest absolute Gasteiger partial charge is 0.333 e. The van der Waals surface area contributed by atoms with Crippen LogP contribution in [0.15, 0.2) is 72.1 Å². The molecule has 2 aliphatic rings. The fourth-order valence-corrected chi connectivity index (χ4v) is 7.19. The molecule has 3 atom stereocenters. The number of likely N-dealkylation sites (N-methyl/N-ethyl adjacent to an activating group) is 1. The number of urea groups is 1. The standard InChI is InChI=1S/C31H33N5O3S/c1-4-32-31(39)36-29-20(2)34(17-22-12-9-11-21-10-5-6-13-24(21)22)30(38)26(35(29)28(37)18-33(36)3)16-23-19-40-27-15-8-7-14-25(23)27/h5-15,19-20,26,29H,4,16-18H2,1-3H3,(H,32,39)/t20-,26-,29?/m0/s1. The minimum Gasteiger partial charge on any atom is -0.337 e. The molecule has 9 heteroatoms. The summed E-state index contributed by atoms with van der Waals surface area (Å²) in [4.78, 5) is 45.0. The topological polar surface area (TPSA) is 76.2 Å². The van der Waals surface area contributed by atoms with E-state index in [2.05, 4.69) is 47.1 Å². The van der Waals surface area contributed by atoms with E-state index in [4.69, 9.17) is 0 Å². The number of rotatable bonds is 5. The number of thiophene rings is 1. The van der Waals surface area contributed by atoms with E-state index in [1.807, 2.05) is 49.1 Å². The van der Waals surface area contributed by atoms with Gasteiger partial charge in [0.25, 0.3) is 0 Å². The first-order valence-electron chi connectivity index (χ1n) is 13.7. The first-order valence-corrected chi connectivity index (χ1v) is 14.6. The van der Waals surface area contributed by atoms with Gasteiger partial charge in [-0.2, -0.15) is 0 Å². The van der Waals surface area contributed by atoms with E-state index in [9.17, 15) is 14.4 Å². The summed E-state index contributed by atoms with van der Waals surface area (Å²) in [6, 6.07) is 21.0. The summed E-state index contributed by atoms with van der Waals surface area (Å²) in [6.45, 7) is 4.68. The van der Waals surface area contributed by atoms with E-state index < -0.39 is 18.2 Å². The van der Waals surface area contributed by atoms with Gasteiger partial charge in [-0.25, -0.2) is 14.8 Å². The highest BCUT2D eigenvalue weighted by atomic mass is 32.1. The molecule has 2 aliphatic heterocycles. The molecule has 2 saturated heterocycles. The SMILES string of the molecule is CCNC(=O)N1C2[C@H](C)N(Cc3cccc4ccccc34)C(=O)[C@H](Cc3csc4ccccc34)N2C(=O)CN1C. The number of amides is 4. The van der Waals surface area contributed by atoms with Crippen molar-refractivity contribution in [2.75, 3.05) is 20.1 Å². The average molecular weight is 556 g/mol. The predicted octanol–water partition coefficient (Wildman–Crippen LogP) is 4.44. The van der Waals surface area contributed by atoms with Crippen LogP contribution in [-0.2, 0) is 22.6 Å². The molecule has 0 radical (unpaired) electrons. The summed E-state index contributed by atoms with van der Waals surface area (Å²) < 4.78 is 1.15. The third-order valence-corrected chi connectivity index (χ3v) is 9.13. The first kappa shape index (κ1) is 26.3. The lowest BCUT2D eigenvalue weighted by molar-refractivity contribution is -0.196. The van der Waals surface area contributed by atoms with Crippen LogP contribution < -0.4 is 5.32 Å². The molecule has 1 unspecified atom stereocenters. The summed E-state index contributed by atoms with van der Waals surface area (Å²) in [5.41, 5.74) is 2.07. The fourth-order valence-electron chi connectivity index (χ4n) is 6.22. The number of carbonyl (C=O) groups is 3. The van der Waals surface area contributed by atoms with Gasteiger partial charge >= 0.3 is 6.03 Å². The van der Waals surface area contributed by atoms with Crippen molar-refractivity contribution in [2.24, 2.45) is 0 Å². The van der Waals surface area contributed by atoms with Gasteiger partial charge in [0.05, 0.1) is 12.6 Å². The van der Waals surface area contributed by atoms with Gasteiger partial charge < -0.3 is 15.1 Å². The maximum Gasteiger partial charge on any atom is 0.333 e. The van der Waals surface area contributed by atoms with Crippen LogP contribution in [-0.4, -0.2) is 76.0 Å². The molecule has 206 valence electrons. The van der Waals surface area contributed by atoms with Crippen LogP contribution in [0.4, 0.5) is 4.79 Å². The van der Waals surface area contributed by atoms with Gasteiger partial charge in [0.2, 0.25) is 11.8 Å². The Labute approximate surface area is 237 Å². The zero-order valence-electron chi connectivity index (χ0n) is 22.9. The molecule has 40 heavy (non-hydrogen) atoms. The van der Waals surface area contributed by atoms with Crippen LogP contribution in [0.5, 0.6) is 0 Å². The van der Waals surface area contributed by atoms with E-state index in [0.29, 0.717) is 19.5 Å². The van der Waals surface area contributed by atoms with Gasteiger partial charge in [-0.05, 0) is 52.6 Å². The third-order valence-electron chi connectivity index (χ3n) is 8.11. The lowest BCUT2D eigenvalue weighted by Gasteiger charge is -2.57. The second kappa shape index (κ2) is 10.6. The summed E-state index contributed by atoms with van der Waals surface area (Å²) >= 11 is 1.64. The number of nitrogens with one attached hydrogen (secondary N) is 1. The van der Waals surface area contributed by atoms with Gasteiger partial charge in [0.15, 0.2) is 0 Å². The maximum absolute atomic E-state index is 14.4. The molecule has 0 spiro atoms. The highest BCUT2D eigenvalue weighted by molar-refractivity contribution is 7.17. The van der Waals surface area contributed by atoms with E-state index in [1.165, 1.54) is 0 Å². The van der Waals surface area contributed by atoms with Crippen molar-refractivity contribution < 1.29 is 14.4 Å². The van der Waals surface area contributed by atoms with Crippen LogP contribution in [0, 0.1) is 0 Å². The minimum absolute atomic E-state index is 0.0256. The average Bonchev–Trinajstić information content (AvgIpc) is 3.36. The van der Waals surface area contributed by atoms with Gasteiger partial charge in [0.1, 0.15) is 12.2 Å². The second-order valence-corrected chi connectivity index (χ2v) is 11.4. The zero-order chi connectivity index (χ0) is 28.0. The normalized spacial score (nSPS) is 21.8. The maximum atomic E-state index is 14.4. The Kier molecular flexibility index (Phi) is 6.93. The number of fused-ring (bicyclic) bond motifs is 3. The number of hydrogen-bond donors (Lipinski definition) is 1. The van der Waals surface area contributed by atoms with Gasteiger partial charge in [-0.3, -0.25) is 9.59 Å². The molecule has 1 N–H and O–H groups in total. The van der Waals surface area contributed by atoms with Crippen molar-refractivity contribution in [2.45, 2.75) is 45.1 Å². The van der Waals surface area contributed by atoms with Crippen molar-refractivity contribution in [3.63, 3.8) is 0 Å². The Balaban J connectivity index is 1.45. The molecule has 4 amide bonds. The highest BCUT2D eigenvalue weighted by Crippen LogP contribution is 2.35. The van der Waals surface area contributed by atoms with E-state index in [-0.39, 0.29) is 24.4 Å². The Morgan fingerprint density at radius 2 is 1.70 bits per heavy atom. The van der Waals surface area contributed by atoms with Gasteiger partial charge in [-0.15, -0.1) is 11.3 Å². The number of benzene rings is 3. The molecule has 4 aromatic rings. The van der Waals surface area contributed by atoms with Crippen molar-refractivity contribution in [3.05, 3.63) is 83.2 Å². The molecule has 0 bridgehead atoms. The summed E-state index contributed by atoms with van der Waals surface area (Å²) in [7, 11) is 1.75. The summed E-state index contributed by atoms with van der Waals surface area (Å²) in [5, 5.41) is 11.6. The molecule has 3 aromatic carbocycles. The van der Waals surface area contributed by atoms with Gasteiger partial charge in [0, 0.05) is 31.3 Å². The second-order valence-electron chi connectivity index (χ2n) is 10.5. The van der Waals surface area contributed by atoms with Crippen molar-refractivity contribution in [1.29, 1.82) is 0 Å². The Morgan fingerprint density at radius 3 is 2.50 bits per heavy atom. The number of nitrogens with zero attached hydrogens (tertiary/aromatic N) is 4. The Bertz CT molecular complexity index is 1600. The van der Waals surface area contributed by atoms with Crippen molar-refractivity contribution in [3.8, 4) is 0 Å². The quantitative estimate of drug-likeness (QED) is 0.395. The highest BCUT2D eigenvalue weighted by Gasteiger charge is 2.54. The lowest BCUT2D eigenvalue weighted by Crippen LogP contribution is -2.78. The number of piperazine rings is 1. The van der Waals surface area contributed by atoms with Crippen LogP contribution in [0.1, 0.15) is 25.0 Å². The molecule has 8 nitrogen and oxygen atoms in total. The van der Waals surface area contributed by atoms with Crippen LogP contribution >= 0.6 is 11.3 Å². The zero-order valence-corrected chi connectivity index (χ0v) is 23.7. The molecular formula is C31H33N5O3S. The molecular weight excluding hydrogens is 522 g/mol. The van der Waals surface area contributed by atoms with E-state index >= 15 is 0 Å². The van der Waals surface area contributed by atoms with Crippen molar-refractivity contribution in [1.82, 2.24) is 25.1 Å². The number of hydrogen-bond acceptors (Lipinski definition) is 5. The van der Waals surface area contributed by atoms with E-state index in [0.717, 1.165) is 32.0 Å². The number of carbonyl (C=O) groups excluding carboxylic acids is 3. The molecule has 3 heterocycles. The van der Waals surface area contributed by atoms with E-state index in [1.54, 1.807) is 33.3 Å². The third kappa shape index (κ3) is 4.39. The first-order chi connectivity index (χ1) is 19.4. The van der Waals surface area contributed by atoms with Gasteiger partial charge in [-0.1, -0.05) is 60.7 Å². The minimum atomic E-state index is -0.729. The van der Waals surface area contributed by atoms with Crippen LogP contribution in [0.2, 0.25) is 0 Å². The number of hydrazine groups is 1. The Morgan fingerprint density at radius 1 is 0.975 bits per heavy atom. The van der Waals surface area contributed by atoms with Crippen LogP contribution in [0.3, 0.4) is 0 Å². The van der Waals surface area contributed by atoms with Crippen LogP contribution in [0.25, 0.3) is 20.9 Å². The molecule has 2 fully saturated rings.